The van der Waals surface area contributed by atoms with Crippen molar-refractivity contribution < 1.29 is 9.59 Å². The molecule has 1 amide bonds. The van der Waals surface area contributed by atoms with Crippen molar-refractivity contribution in [3.63, 3.8) is 0 Å². The Morgan fingerprint density at radius 2 is 2.25 bits per heavy atom. The Bertz CT molecular complexity index is 129. The first-order chi connectivity index (χ1) is 3.70. The Balaban J connectivity index is 2.64. The first kappa shape index (κ1) is 5.62. The van der Waals surface area contributed by atoms with Gasteiger partial charge in [0.2, 0.25) is 0 Å². The van der Waals surface area contributed by atoms with E-state index in [1.54, 1.807) is 6.92 Å². The molecule has 1 rings (SSSR count). The van der Waals surface area contributed by atoms with Crippen LogP contribution < -0.4 is 5.32 Å². The van der Waals surface area contributed by atoms with E-state index in [0.717, 1.165) is 11.8 Å². The van der Waals surface area contributed by atoms with Crippen LogP contribution in [0.3, 0.4) is 0 Å². The van der Waals surface area contributed by atoms with Crippen LogP contribution in [0, 0.1) is 0 Å². The van der Waals surface area contributed by atoms with Gasteiger partial charge in [-0.3, -0.25) is 9.59 Å². The molecule has 1 saturated heterocycles. The van der Waals surface area contributed by atoms with Gasteiger partial charge in [0.25, 0.3) is 11.0 Å². The largest absolute Gasteiger partial charge is 0.337 e. The molecule has 8 heavy (non-hydrogen) atoms. The lowest BCUT2D eigenvalue weighted by atomic mass is 10.6. The lowest BCUT2D eigenvalue weighted by molar-refractivity contribution is -0.132. The summed E-state index contributed by atoms with van der Waals surface area (Å²) in [5.74, 6) is -0.470. The lowest BCUT2D eigenvalue weighted by Gasteiger charge is -1.92. The van der Waals surface area contributed by atoms with Crippen LogP contribution in [0.15, 0.2) is 0 Å². The van der Waals surface area contributed by atoms with Crippen LogP contribution in [-0.4, -0.2) is 16.4 Å². The maximum Gasteiger partial charge on any atom is 0.299 e. The van der Waals surface area contributed by atoms with Crippen molar-refractivity contribution in [1.29, 1.82) is 0 Å². The minimum Gasteiger partial charge on any atom is -0.337 e. The number of nitrogens with one attached hydrogen (secondary N) is 1. The smallest absolute Gasteiger partial charge is 0.299 e. The second-order valence-electron chi connectivity index (χ2n) is 1.52. The highest BCUT2D eigenvalue weighted by atomic mass is 32.2. The van der Waals surface area contributed by atoms with Crippen molar-refractivity contribution in [2.75, 3.05) is 0 Å². The SMILES string of the molecule is CC1NC(=O)C(=O)S1. The van der Waals surface area contributed by atoms with Crippen LogP contribution in [-0.2, 0) is 9.59 Å². The fraction of sp³-hybridized carbons (Fsp3) is 0.500. The van der Waals surface area contributed by atoms with E-state index < -0.39 is 5.91 Å². The Hall–Kier alpha value is -0.510. The monoisotopic (exact) mass is 131 g/mol. The minimum absolute atomic E-state index is 0.0324. The van der Waals surface area contributed by atoms with Gasteiger partial charge in [0.1, 0.15) is 0 Å². The summed E-state index contributed by atoms with van der Waals surface area (Å²) in [6.45, 7) is 1.77. The number of thioether (sulfide) groups is 1. The van der Waals surface area contributed by atoms with E-state index in [4.69, 9.17) is 0 Å². The molecule has 1 N–H and O–H groups in total. The molecule has 1 aliphatic heterocycles. The average Bonchev–Trinajstić information content (AvgIpc) is 1.85. The molecule has 0 radical (unpaired) electrons. The van der Waals surface area contributed by atoms with Gasteiger partial charge >= 0.3 is 0 Å². The molecule has 1 unspecified atom stereocenters. The quantitative estimate of drug-likeness (QED) is 0.460. The number of hydrogen-bond donors (Lipinski definition) is 1. The Morgan fingerprint density at radius 1 is 1.62 bits per heavy atom. The third-order valence-corrected chi connectivity index (χ3v) is 1.67. The topological polar surface area (TPSA) is 46.2 Å². The number of carbonyl (C=O) groups is 2. The summed E-state index contributed by atoms with van der Waals surface area (Å²) in [6.07, 6.45) is 0. The average molecular weight is 131 g/mol. The summed E-state index contributed by atoms with van der Waals surface area (Å²) in [4.78, 5) is 20.6. The summed E-state index contributed by atoms with van der Waals surface area (Å²) in [7, 11) is 0. The molecule has 1 heterocycles. The fourth-order valence-corrected chi connectivity index (χ4v) is 1.14. The van der Waals surface area contributed by atoms with Gasteiger partial charge in [0.05, 0.1) is 5.37 Å². The van der Waals surface area contributed by atoms with E-state index in [1.807, 2.05) is 0 Å². The van der Waals surface area contributed by atoms with Crippen molar-refractivity contribution in [3.8, 4) is 0 Å². The molecule has 1 atom stereocenters. The van der Waals surface area contributed by atoms with E-state index in [0.29, 0.717) is 0 Å². The first-order valence-corrected chi connectivity index (χ1v) is 3.09. The minimum atomic E-state index is -0.470. The molecule has 4 heteroatoms. The molecular formula is C4H5NO2S. The fourth-order valence-electron chi connectivity index (χ4n) is 0.487. The van der Waals surface area contributed by atoms with Crippen LogP contribution >= 0.6 is 11.8 Å². The van der Waals surface area contributed by atoms with Crippen LogP contribution in [0.1, 0.15) is 6.92 Å². The first-order valence-electron chi connectivity index (χ1n) is 2.21. The van der Waals surface area contributed by atoms with E-state index >= 15 is 0 Å². The highest BCUT2D eigenvalue weighted by Crippen LogP contribution is 2.14. The molecule has 0 bridgehead atoms. The van der Waals surface area contributed by atoms with Gasteiger partial charge in [0, 0.05) is 0 Å². The molecular weight excluding hydrogens is 126 g/mol. The highest BCUT2D eigenvalue weighted by Gasteiger charge is 2.26. The molecule has 1 fully saturated rings. The second kappa shape index (κ2) is 1.78. The summed E-state index contributed by atoms with van der Waals surface area (Å²) in [5.41, 5.74) is 0. The van der Waals surface area contributed by atoms with Gasteiger partial charge < -0.3 is 5.32 Å². The summed E-state index contributed by atoms with van der Waals surface area (Å²) in [5, 5.41) is 2.03. The van der Waals surface area contributed by atoms with Crippen molar-refractivity contribution in [2.24, 2.45) is 0 Å². The lowest BCUT2D eigenvalue weighted by Crippen LogP contribution is -2.23. The van der Waals surface area contributed by atoms with Gasteiger partial charge in [-0.05, 0) is 6.92 Å². The molecule has 1 aliphatic rings. The normalized spacial score (nSPS) is 28.4. The van der Waals surface area contributed by atoms with E-state index in [1.165, 1.54) is 0 Å². The zero-order valence-electron chi connectivity index (χ0n) is 4.30. The molecule has 44 valence electrons. The zero-order chi connectivity index (χ0) is 6.15. The number of rotatable bonds is 0. The van der Waals surface area contributed by atoms with Crippen LogP contribution in [0.4, 0.5) is 0 Å². The Morgan fingerprint density at radius 3 is 2.38 bits per heavy atom. The predicted molar refractivity (Wildman–Crippen MR) is 30.2 cm³/mol. The molecule has 0 aromatic rings. The molecule has 0 spiro atoms. The van der Waals surface area contributed by atoms with E-state index in [2.05, 4.69) is 5.32 Å². The van der Waals surface area contributed by atoms with Gasteiger partial charge in [-0.2, -0.15) is 0 Å². The number of amides is 1. The van der Waals surface area contributed by atoms with Crippen molar-refractivity contribution in [3.05, 3.63) is 0 Å². The van der Waals surface area contributed by atoms with Crippen LogP contribution in [0.5, 0.6) is 0 Å². The third kappa shape index (κ3) is 0.838. The molecule has 0 aliphatic carbocycles. The van der Waals surface area contributed by atoms with Gasteiger partial charge in [-0.15, -0.1) is 0 Å². The van der Waals surface area contributed by atoms with Crippen molar-refractivity contribution >= 4 is 22.8 Å². The maximum absolute atomic E-state index is 10.3. The number of hydrogen-bond acceptors (Lipinski definition) is 3. The van der Waals surface area contributed by atoms with Crippen molar-refractivity contribution in [1.82, 2.24) is 5.32 Å². The van der Waals surface area contributed by atoms with Crippen LogP contribution in [0.2, 0.25) is 0 Å². The molecule has 0 saturated carbocycles. The predicted octanol–water partition coefficient (Wildman–Crippen LogP) is -0.278. The van der Waals surface area contributed by atoms with Gasteiger partial charge in [-0.1, -0.05) is 11.8 Å². The molecule has 0 aromatic heterocycles. The summed E-state index contributed by atoms with van der Waals surface area (Å²) in [6, 6.07) is 0. The van der Waals surface area contributed by atoms with E-state index in [-0.39, 0.29) is 10.5 Å². The Kier molecular flexibility index (Phi) is 1.25. The Labute approximate surface area is 50.8 Å². The van der Waals surface area contributed by atoms with Gasteiger partial charge in [-0.25, -0.2) is 0 Å². The number of carbonyl (C=O) groups excluding carboxylic acids is 2. The van der Waals surface area contributed by atoms with Crippen LogP contribution in [0.25, 0.3) is 0 Å². The molecule has 3 nitrogen and oxygen atoms in total. The molecule has 0 aromatic carbocycles. The van der Waals surface area contributed by atoms with Gasteiger partial charge in [0.15, 0.2) is 0 Å². The second-order valence-corrected chi connectivity index (χ2v) is 2.83. The standard InChI is InChI=1S/C4H5NO2S/c1-2-5-3(6)4(7)8-2/h2H,1H3,(H,5,6). The zero-order valence-corrected chi connectivity index (χ0v) is 5.12. The third-order valence-electron chi connectivity index (χ3n) is 0.804. The summed E-state index contributed by atoms with van der Waals surface area (Å²) < 4.78 is 0. The van der Waals surface area contributed by atoms with Crippen molar-refractivity contribution in [2.45, 2.75) is 12.3 Å². The van der Waals surface area contributed by atoms with E-state index in [9.17, 15) is 9.59 Å². The highest BCUT2D eigenvalue weighted by molar-refractivity contribution is 8.16. The maximum atomic E-state index is 10.3. The summed E-state index contributed by atoms with van der Waals surface area (Å²) >= 11 is 1.03.